The van der Waals surface area contributed by atoms with Crippen LogP contribution in [-0.2, 0) is 13.0 Å². The molecule has 5 nitrogen and oxygen atoms in total. The van der Waals surface area contributed by atoms with E-state index in [1.165, 1.54) is 4.57 Å². The lowest BCUT2D eigenvalue weighted by Crippen LogP contribution is -2.16. The number of hydrogen-bond acceptors (Lipinski definition) is 3. The van der Waals surface area contributed by atoms with Crippen LogP contribution in [0.15, 0.2) is 4.79 Å². The lowest BCUT2D eigenvalue weighted by Gasteiger charge is -1.92. The van der Waals surface area contributed by atoms with Gasteiger partial charge >= 0.3 is 5.69 Å². The van der Waals surface area contributed by atoms with Crippen LogP contribution in [0, 0.1) is 17.2 Å². The third kappa shape index (κ3) is 0.749. The number of aromatic amines is 1. The smallest absolute Gasteiger partial charge is 0.328 e. The van der Waals surface area contributed by atoms with Crippen LogP contribution in [0.4, 0.5) is 0 Å². The minimum Gasteiger partial charge on any atom is -0.493 e. The molecule has 62 valence electrons. The third-order valence-electron chi connectivity index (χ3n) is 2.09. The van der Waals surface area contributed by atoms with E-state index in [0.717, 1.165) is 0 Å². The predicted molar refractivity (Wildman–Crippen MR) is 39.5 cm³/mol. The maximum Gasteiger partial charge on any atom is 0.328 e. The van der Waals surface area contributed by atoms with E-state index in [4.69, 9.17) is 5.26 Å². The maximum absolute atomic E-state index is 11.0. The van der Waals surface area contributed by atoms with Gasteiger partial charge in [-0.2, -0.15) is 5.26 Å². The lowest BCUT2D eigenvalue weighted by molar-refractivity contribution is 0.448. The second kappa shape index (κ2) is 2.14. The quantitative estimate of drug-likeness (QED) is 0.547. The summed E-state index contributed by atoms with van der Waals surface area (Å²) in [5.41, 5.74) is 0.215. The van der Waals surface area contributed by atoms with Gasteiger partial charge in [0, 0.05) is 13.0 Å². The van der Waals surface area contributed by atoms with Gasteiger partial charge in [0.1, 0.15) is 0 Å². The number of rotatable bonds is 0. The molecule has 0 radical (unpaired) electrons. The number of aromatic hydroxyl groups is 1. The van der Waals surface area contributed by atoms with E-state index in [-0.39, 0.29) is 17.5 Å². The summed E-state index contributed by atoms with van der Waals surface area (Å²) in [4.78, 5) is 13.3. The molecule has 1 unspecified atom stereocenters. The van der Waals surface area contributed by atoms with Crippen molar-refractivity contribution in [3.05, 3.63) is 16.2 Å². The van der Waals surface area contributed by atoms with E-state index in [9.17, 15) is 9.90 Å². The Bertz CT molecular complexity index is 409. The Hall–Kier alpha value is -1.70. The number of imidazole rings is 1. The Morgan fingerprint density at radius 2 is 2.50 bits per heavy atom. The summed E-state index contributed by atoms with van der Waals surface area (Å²) in [5.74, 6) is -0.272. The van der Waals surface area contributed by atoms with Gasteiger partial charge in [0.05, 0.1) is 17.7 Å². The minimum absolute atomic E-state index is 0.0993. The summed E-state index contributed by atoms with van der Waals surface area (Å²) in [7, 11) is 0. The predicted octanol–water partition coefficient (Wildman–Crippen LogP) is -0.422. The van der Waals surface area contributed by atoms with E-state index in [2.05, 4.69) is 11.1 Å². The fourth-order valence-electron chi connectivity index (χ4n) is 1.50. The molecule has 2 rings (SSSR count). The number of nitrogens with one attached hydrogen (secondary N) is 1. The van der Waals surface area contributed by atoms with Crippen molar-refractivity contribution in [3.63, 3.8) is 0 Å². The standard InChI is InChI=1S/C7H7N3O2/c8-2-4-1-5-6(11)9-7(12)10(5)3-4/h4,11H,1,3H2,(H,9,12). The second-order valence-electron chi connectivity index (χ2n) is 2.87. The molecule has 1 aromatic heterocycles. The molecular formula is C7H7N3O2. The van der Waals surface area contributed by atoms with E-state index in [1.54, 1.807) is 0 Å². The molecule has 1 aliphatic rings. The highest BCUT2D eigenvalue weighted by molar-refractivity contribution is 5.23. The minimum atomic E-state index is -0.333. The molecule has 0 amide bonds. The van der Waals surface area contributed by atoms with Crippen LogP contribution in [0.1, 0.15) is 5.69 Å². The Labute approximate surface area is 67.9 Å². The van der Waals surface area contributed by atoms with Gasteiger partial charge in [0.2, 0.25) is 5.88 Å². The van der Waals surface area contributed by atoms with E-state index >= 15 is 0 Å². The highest BCUT2D eigenvalue weighted by Crippen LogP contribution is 2.23. The molecule has 0 saturated heterocycles. The molecule has 12 heavy (non-hydrogen) atoms. The van der Waals surface area contributed by atoms with E-state index < -0.39 is 0 Å². The van der Waals surface area contributed by atoms with Crippen molar-refractivity contribution in [1.82, 2.24) is 9.55 Å². The summed E-state index contributed by atoms with van der Waals surface area (Å²) in [6.45, 7) is 0.391. The van der Waals surface area contributed by atoms with Crippen LogP contribution in [0.3, 0.4) is 0 Å². The van der Waals surface area contributed by atoms with Gasteiger partial charge in [-0.05, 0) is 0 Å². The zero-order valence-corrected chi connectivity index (χ0v) is 6.24. The van der Waals surface area contributed by atoms with Crippen molar-refractivity contribution in [2.24, 2.45) is 5.92 Å². The van der Waals surface area contributed by atoms with Gasteiger partial charge in [0.25, 0.3) is 0 Å². The molecule has 1 aliphatic heterocycles. The van der Waals surface area contributed by atoms with Crippen molar-refractivity contribution < 1.29 is 5.11 Å². The van der Waals surface area contributed by atoms with Gasteiger partial charge in [-0.15, -0.1) is 0 Å². The van der Waals surface area contributed by atoms with Crippen LogP contribution < -0.4 is 5.69 Å². The monoisotopic (exact) mass is 165 g/mol. The molecule has 2 heterocycles. The van der Waals surface area contributed by atoms with Crippen molar-refractivity contribution in [2.75, 3.05) is 0 Å². The van der Waals surface area contributed by atoms with Crippen LogP contribution in [0.5, 0.6) is 5.88 Å². The van der Waals surface area contributed by atoms with Crippen LogP contribution >= 0.6 is 0 Å². The summed E-state index contributed by atoms with van der Waals surface area (Å²) >= 11 is 0. The van der Waals surface area contributed by atoms with Crippen molar-refractivity contribution in [1.29, 1.82) is 5.26 Å². The number of H-pyrrole nitrogens is 1. The second-order valence-corrected chi connectivity index (χ2v) is 2.87. The summed E-state index contributed by atoms with van der Waals surface area (Å²) in [6.07, 6.45) is 0.459. The number of nitrogens with zero attached hydrogens (tertiary/aromatic N) is 2. The highest BCUT2D eigenvalue weighted by atomic mass is 16.3. The van der Waals surface area contributed by atoms with Crippen molar-refractivity contribution >= 4 is 0 Å². The topological polar surface area (TPSA) is 81.8 Å². The number of fused-ring (bicyclic) bond motifs is 1. The average Bonchev–Trinajstić information content (AvgIpc) is 2.55. The van der Waals surface area contributed by atoms with Gasteiger partial charge in [-0.3, -0.25) is 9.55 Å². The van der Waals surface area contributed by atoms with Gasteiger partial charge in [-0.25, -0.2) is 4.79 Å². The molecule has 1 atom stereocenters. The maximum atomic E-state index is 11.0. The fraction of sp³-hybridized carbons (Fsp3) is 0.429. The Morgan fingerprint density at radius 3 is 3.08 bits per heavy atom. The Balaban J connectivity index is 2.51. The first-order valence-electron chi connectivity index (χ1n) is 3.62. The summed E-state index contributed by atoms with van der Waals surface area (Å²) in [6, 6.07) is 2.07. The number of nitriles is 1. The molecule has 5 heteroatoms. The normalized spacial score (nSPS) is 20.4. The van der Waals surface area contributed by atoms with Crippen LogP contribution in [0.25, 0.3) is 0 Å². The molecule has 0 bridgehead atoms. The first-order chi connectivity index (χ1) is 5.72. The van der Waals surface area contributed by atoms with Gasteiger partial charge < -0.3 is 5.11 Å². The largest absolute Gasteiger partial charge is 0.493 e. The van der Waals surface area contributed by atoms with Gasteiger partial charge in [-0.1, -0.05) is 0 Å². The molecule has 0 spiro atoms. The lowest BCUT2D eigenvalue weighted by atomic mass is 10.1. The Morgan fingerprint density at radius 1 is 1.75 bits per heavy atom. The molecule has 0 aliphatic carbocycles. The van der Waals surface area contributed by atoms with Gasteiger partial charge in [0.15, 0.2) is 0 Å². The average molecular weight is 165 g/mol. The molecular weight excluding hydrogens is 158 g/mol. The van der Waals surface area contributed by atoms with Crippen LogP contribution in [-0.4, -0.2) is 14.7 Å². The first kappa shape index (κ1) is 6.98. The molecule has 2 N–H and O–H groups in total. The first-order valence-corrected chi connectivity index (χ1v) is 3.62. The molecule has 0 aromatic carbocycles. The fourth-order valence-corrected chi connectivity index (χ4v) is 1.50. The molecule has 0 fully saturated rings. The van der Waals surface area contributed by atoms with E-state index in [0.29, 0.717) is 18.7 Å². The van der Waals surface area contributed by atoms with Crippen molar-refractivity contribution in [2.45, 2.75) is 13.0 Å². The molecule has 1 aromatic rings. The van der Waals surface area contributed by atoms with Crippen molar-refractivity contribution in [3.8, 4) is 11.9 Å². The van der Waals surface area contributed by atoms with Crippen LogP contribution in [0.2, 0.25) is 0 Å². The SMILES string of the molecule is N#CC1Cc2c(O)[nH]c(=O)n2C1. The Kier molecular flexibility index (Phi) is 1.24. The van der Waals surface area contributed by atoms with E-state index in [1.807, 2.05) is 0 Å². The zero-order chi connectivity index (χ0) is 8.72. The number of aromatic nitrogens is 2. The molecule has 0 saturated carbocycles. The zero-order valence-electron chi connectivity index (χ0n) is 6.24. The summed E-state index contributed by atoms with van der Waals surface area (Å²) < 4.78 is 1.41. The summed E-state index contributed by atoms with van der Waals surface area (Å²) in [5, 5.41) is 17.8. The number of hydrogen-bond donors (Lipinski definition) is 2. The third-order valence-corrected chi connectivity index (χ3v) is 2.09. The highest BCUT2D eigenvalue weighted by Gasteiger charge is 2.26.